The van der Waals surface area contributed by atoms with Crippen LogP contribution in [0, 0.1) is 0 Å². The lowest BCUT2D eigenvalue weighted by Crippen LogP contribution is -2.35. The summed E-state index contributed by atoms with van der Waals surface area (Å²) in [5.41, 5.74) is 1.15. The van der Waals surface area contributed by atoms with Crippen LogP contribution in [0.3, 0.4) is 0 Å². The van der Waals surface area contributed by atoms with Crippen molar-refractivity contribution in [3.8, 4) is 17.2 Å². The van der Waals surface area contributed by atoms with E-state index in [-0.39, 0.29) is 23.3 Å². The van der Waals surface area contributed by atoms with E-state index in [1.807, 2.05) is 0 Å². The summed E-state index contributed by atoms with van der Waals surface area (Å²) in [4.78, 5) is 12.4. The maximum atomic E-state index is 13.1. The first-order valence-corrected chi connectivity index (χ1v) is 11.5. The molecule has 1 N–H and O–H groups in total. The Bertz CT molecular complexity index is 1110. The maximum Gasteiger partial charge on any atom is 0.248 e. The van der Waals surface area contributed by atoms with Crippen LogP contribution in [0.1, 0.15) is 24.8 Å². The molecule has 2 aromatic carbocycles. The van der Waals surface area contributed by atoms with Crippen LogP contribution in [-0.2, 0) is 14.8 Å². The second-order valence-corrected chi connectivity index (χ2v) is 9.17. The molecule has 0 unspecified atom stereocenters. The summed E-state index contributed by atoms with van der Waals surface area (Å²) in [6, 6.07) is 9.97. The van der Waals surface area contributed by atoms with Gasteiger partial charge in [-0.3, -0.25) is 4.79 Å². The molecule has 2 aromatic rings. The minimum Gasteiger partial charge on any atom is -0.495 e. The molecule has 1 saturated heterocycles. The molecule has 2 aliphatic heterocycles. The highest BCUT2D eigenvalue weighted by atomic mass is 32.2. The van der Waals surface area contributed by atoms with Gasteiger partial charge >= 0.3 is 0 Å². The summed E-state index contributed by atoms with van der Waals surface area (Å²) in [6.45, 7) is 1.17. The van der Waals surface area contributed by atoms with Gasteiger partial charge in [0.15, 0.2) is 11.5 Å². The third kappa shape index (κ3) is 4.67. The van der Waals surface area contributed by atoms with E-state index in [9.17, 15) is 13.2 Å². The Morgan fingerprint density at radius 1 is 1.06 bits per heavy atom. The van der Waals surface area contributed by atoms with Crippen LogP contribution in [0.15, 0.2) is 47.4 Å². The van der Waals surface area contributed by atoms with E-state index in [4.69, 9.17) is 14.2 Å². The molecular formula is C22H24N2O6S. The topological polar surface area (TPSA) is 94.2 Å². The molecule has 0 saturated carbocycles. The highest BCUT2D eigenvalue weighted by Gasteiger charge is 2.29. The third-order valence-electron chi connectivity index (χ3n) is 5.19. The number of carbonyl (C=O) groups excluding carboxylic acids is 1. The number of fused-ring (bicyclic) bond motifs is 1. The number of nitrogens with one attached hydrogen (secondary N) is 1. The molecule has 0 radical (unpaired) electrons. The molecule has 9 heteroatoms. The summed E-state index contributed by atoms with van der Waals surface area (Å²) in [5.74, 6) is 1.14. The first kappa shape index (κ1) is 21.2. The number of hydrogen-bond acceptors (Lipinski definition) is 6. The summed E-state index contributed by atoms with van der Waals surface area (Å²) < 4.78 is 43.6. The van der Waals surface area contributed by atoms with Crippen LogP contribution in [0.4, 0.5) is 5.69 Å². The second kappa shape index (κ2) is 8.99. The number of rotatable bonds is 6. The molecular weight excluding hydrogens is 420 g/mol. The van der Waals surface area contributed by atoms with Crippen molar-refractivity contribution in [2.75, 3.05) is 32.3 Å². The zero-order valence-corrected chi connectivity index (χ0v) is 18.0. The van der Waals surface area contributed by atoms with Crippen LogP contribution in [0.5, 0.6) is 17.2 Å². The molecule has 2 heterocycles. The molecule has 1 amide bonds. The zero-order valence-electron chi connectivity index (χ0n) is 17.2. The van der Waals surface area contributed by atoms with Gasteiger partial charge < -0.3 is 19.5 Å². The fourth-order valence-corrected chi connectivity index (χ4v) is 5.28. The number of methoxy groups -OCH3 is 1. The number of benzene rings is 2. The number of hydrogen-bond donors (Lipinski definition) is 1. The van der Waals surface area contributed by atoms with Crippen molar-refractivity contribution >= 4 is 27.7 Å². The number of amides is 1. The monoisotopic (exact) mass is 444 g/mol. The molecule has 164 valence electrons. The summed E-state index contributed by atoms with van der Waals surface area (Å²) in [5, 5.41) is 2.75. The van der Waals surface area contributed by atoms with E-state index in [2.05, 4.69) is 5.32 Å². The fourth-order valence-electron chi connectivity index (χ4n) is 3.57. The number of sulfonamides is 1. The predicted octanol–water partition coefficient (Wildman–Crippen LogP) is 3.25. The zero-order chi connectivity index (χ0) is 21.8. The second-order valence-electron chi connectivity index (χ2n) is 7.27. The molecule has 0 bridgehead atoms. The quantitative estimate of drug-likeness (QED) is 0.688. The Hall–Kier alpha value is -3.04. The smallest absolute Gasteiger partial charge is 0.248 e. The van der Waals surface area contributed by atoms with E-state index in [0.717, 1.165) is 19.3 Å². The Morgan fingerprint density at radius 3 is 2.61 bits per heavy atom. The first-order valence-electron chi connectivity index (χ1n) is 10.0. The van der Waals surface area contributed by atoms with Gasteiger partial charge in [-0.15, -0.1) is 0 Å². The van der Waals surface area contributed by atoms with Crippen molar-refractivity contribution < 1.29 is 27.4 Å². The number of ether oxygens (including phenoxy) is 3. The number of nitrogens with zero attached hydrogens (tertiary/aromatic N) is 1. The van der Waals surface area contributed by atoms with Crippen LogP contribution in [-0.4, -0.2) is 45.6 Å². The normalized spacial score (nSPS) is 16.4. The first-order chi connectivity index (χ1) is 15.0. The highest BCUT2D eigenvalue weighted by molar-refractivity contribution is 7.89. The number of piperidine rings is 1. The Kier molecular flexibility index (Phi) is 6.15. The summed E-state index contributed by atoms with van der Waals surface area (Å²) in [6.07, 6.45) is 5.65. The average molecular weight is 445 g/mol. The lowest BCUT2D eigenvalue weighted by atomic mass is 10.2. The maximum absolute atomic E-state index is 13.1. The fraction of sp³-hybridized carbons (Fsp3) is 0.318. The van der Waals surface area contributed by atoms with E-state index in [1.165, 1.54) is 23.6 Å². The third-order valence-corrected chi connectivity index (χ3v) is 7.11. The number of anilines is 1. The minimum absolute atomic E-state index is 0.107. The van der Waals surface area contributed by atoms with Gasteiger partial charge in [-0.05, 0) is 48.7 Å². The predicted molar refractivity (Wildman–Crippen MR) is 116 cm³/mol. The molecule has 0 aliphatic carbocycles. The van der Waals surface area contributed by atoms with Crippen LogP contribution in [0.2, 0.25) is 0 Å². The molecule has 0 atom stereocenters. The highest BCUT2D eigenvalue weighted by Crippen LogP contribution is 2.34. The van der Waals surface area contributed by atoms with Gasteiger partial charge in [0.2, 0.25) is 22.7 Å². The Labute approximate surface area is 181 Å². The molecule has 2 aliphatic rings. The largest absolute Gasteiger partial charge is 0.495 e. The lowest BCUT2D eigenvalue weighted by molar-refractivity contribution is -0.111. The van der Waals surface area contributed by atoms with Gasteiger partial charge in [-0.1, -0.05) is 12.5 Å². The van der Waals surface area contributed by atoms with Gasteiger partial charge in [0.25, 0.3) is 0 Å². The van der Waals surface area contributed by atoms with Gasteiger partial charge in [-0.2, -0.15) is 4.31 Å². The van der Waals surface area contributed by atoms with Crippen LogP contribution < -0.4 is 19.5 Å². The molecule has 0 spiro atoms. The molecule has 1 fully saturated rings. The van der Waals surface area contributed by atoms with Crippen molar-refractivity contribution in [1.82, 2.24) is 4.31 Å². The molecule has 4 rings (SSSR count). The van der Waals surface area contributed by atoms with Crippen molar-refractivity contribution in [3.63, 3.8) is 0 Å². The van der Waals surface area contributed by atoms with E-state index < -0.39 is 10.0 Å². The van der Waals surface area contributed by atoms with Gasteiger partial charge in [-0.25, -0.2) is 8.42 Å². The van der Waals surface area contributed by atoms with Crippen molar-refractivity contribution in [2.45, 2.75) is 24.2 Å². The summed E-state index contributed by atoms with van der Waals surface area (Å²) in [7, 11) is -2.23. The SMILES string of the molecule is COc1ccc(C=CC(=O)Nc2ccc3c(c2)OCO3)cc1S(=O)(=O)N1CCCCC1. The molecule has 8 nitrogen and oxygen atoms in total. The Morgan fingerprint density at radius 2 is 1.84 bits per heavy atom. The lowest BCUT2D eigenvalue weighted by Gasteiger charge is -2.26. The van der Waals surface area contributed by atoms with Crippen LogP contribution >= 0.6 is 0 Å². The van der Waals surface area contributed by atoms with E-state index in [0.29, 0.717) is 35.8 Å². The van der Waals surface area contributed by atoms with Gasteiger partial charge in [0.1, 0.15) is 10.6 Å². The number of carbonyl (C=O) groups is 1. The average Bonchev–Trinajstić information content (AvgIpc) is 3.26. The van der Waals surface area contributed by atoms with Crippen molar-refractivity contribution in [1.29, 1.82) is 0 Å². The van der Waals surface area contributed by atoms with Gasteiger partial charge in [0.05, 0.1) is 7.11 Å². The van der Waals surface area contributed by atoms with E-state index in [1.54, 1.807) is 36.4 Å². The molecule has 31 heavy (non-hydrogen) atoms. The van der Waals surface area contributed by atoms with Crippen LogP contribution in [0.25, 0.3) is 6.08 Å². The van der Waals surface area contributed by atoms with Crippen molar-refractivity contribution in [2.24, 2.45) is 0 Å². The minimum atomic E-state index is -3.67. The standard InChI is InChI=1S/C22H24N2O6S/c1-28-19-8-5-16(13-21(19)31(26,27)24-11-3-2-4-12-24)6-10-22(25)23-17-7-9-18-20(14-17)30-15-29-18/h5-10,13-14H,2-4,11-12,15H2,1H3,(H,23,25). The van der Waals surface area contributed by atoms with E-state index >= 15 is 0 Å². The summed E-state index contributed by atoms with van der Waals surface area (Å²) >= 11 is 0. The van der Waals surface area contributed by atoms with Crippen molar-refractivity contribution in [3.05, 3.63) is 48.0 Å². The Balaban J connectivity index is 1.51. The molecule has 0 aromatic heterocycles. The van der Waals surface area contributed by atoms with Gasteiger partial charge in [0, 0.05) is 30.9 Å².